The van der Waals surface area contributed by atoms with E-state index in [4.69, 9.17) is 0 Å². The third-order valence-corrected chi connectivity index (χ3v) is 5.55. The zero-order valence-electron chi connectivity index (χ0n) is 13.2. The van der Waals surface area contributed by atoms with Crippen LogP contribution in [0.5, 0.6) is 0 Å². The average molecular weight is 308 g/mol. The maximum Gasteiger partial charge on any atom is -0.00102 e. The molecule has 1 nitrogen and oxygen atoms in total. The number of rotatable bonds is 4. The van der Waals surface area contributed by atoms with Crippen LogP contribution in [0.2, 0.25) is 0 Å². The molecule has 0 aromatic heterocycles. The van der Waals surface area contributed by atoms with E-state index in [1.165, 1.54) is 77.4 Å². The molecular weight excluding hydrogens is 278 g/mol. The smallest absolute Gasteiger partial charge is 0.00102 e. The summed E-state index contributed by atoms with van der Waals surface area (Å²) in [6.07, 6.45) is 12.8. The third-order valence-electron chi connectivity index (χ3n) is 5.55. The molecule has 0 N–H and O–H groups in total. The van der Waals surface area contributed by atoms with Crippen LogP contribution in [0.3, 0.4) is 0 Å². The van der Waals surface area contributed by atoms with Crippen molar-refractivity contribution < 1.29 is 0 Å². The van der Waals surface area contributed by atoms with Crippen molar-refractivity contribution in [1.29, 1.82) is 0 Å². The Kier molecular flexibility index (Phi) is 6.57. The van der Waals surface area contributed by atoms with E-state index in [1.54, 1.807) is 5.56 Å². The molecule has 0 amide bonds. The highest BCUT2D eigenvalue weighted by atomic mass is 35.5. The maximum absolute atomic E-state index is 2.71. The second-order valence-corrected chi connectivity index (χ2v) is 6.86. The standard InChI is InChI=1S/C19H29N.ClH/c1-4-10-18(11-5-1)19(12-6-2-7-13-19)14-17-20-15-8-3-9-16-20;/h1,4-5,10-11H,2-3,6-9,12-17H2;1H. The molecule has 2 aliphatic rings. The minimum absolute atomic E-state index is 0. The van der Waals surface area contributed by atoms with Crippen LogP contribution in [0.25, 0.3) is 0 Å². The van der Waals surface area contributed by atoms with Gasteiger partial charge in [0.05, 0.1) is 0 Å². The summed E-state index contributed by atoms with van der Waals surface area (Å²) in [5, 5.41) is 0. The SMILES string of the molecule is Cl.c1ccc(C2(CCN3CCCCC3)CCCCC2)cc1. The van der Waals surface area contributed by atoms with Crippen LogP contribution in [0.1, 0.15) is 63.4 Å². The van der Waals surface area contributed by atoms with Gasteiger partial charge in [-0.15, -0.1) is 12.4 Å². The van der Waals surface area contributed by atoms with Crippen LogP contribution in [0.4, 0.5) is 0 Å². The lowest BCUT2D eigenvalue weighted by Gasteiger charge is -2.40. The fraction of sp³-hybridized carbons (Fsp3) is 0.684. The van der Waals surface area contributed by atoms with Crippen molar-refractivity contribution in [2.75, 3.05) is 19.6 Å². The first-order valence-corrected chi connectivity index (χ1v) is 8.67. The minimum Gasteiger partial charge on any atom is -0.303 e. The normalized spacial score (nSPS) is 22.5. The van der Waals surface area contributed by atoms with E-state index in [9.17, 15) is 0 Å². The van der Waals surface area contributed by atoms with Crippen LogP contribution in [-0.2, 0) is 5.41 Å². The summed E-state index contributed by atoms with van der Waals surface area (Å²) in [5.74, 6) is 0. The Morgan fingerprint density at radius 3 is 2.10 bits per heavy atom. The van der Waals surface area contributed by atoms with Gasteiger partial charge in [-0.05, 0) is 62.7 Å². The highest BCUT2D eigenvalue weighted by Crippen LogP contribution is 2.42. The lowest BCUT2D eigenvalue weighted by molar-refractivity contribution is 0.182. The molecule has 1 aromatic rings. The first-order valence-electron chi connectivity index (χ1n) is 8.67. The van der Waals surface area contributed by atoms with Gasteiger partial charge >= 0.3 is 0 Å². The molecule has 21 heavy (non-hydrogen) atoms. The Labute approximate surface area is 136 Å². The lowest BCUT2D eigenvalue weighted by Crippen LogP contribution is -2.37. The monoisotopic (exact) mass is 307 g/mol. The molecular formula is C19H30ClN. The quantitative estimate of drug-likeness (QED) is 0.740. The number of piperidine rings is 1. The van der Waals surface area contributed by atoms with Gasteiger partial charge in [0, 0.05) is 0 Å². The average Bonchev–Trinajstić information content (AvgIpc) is 2.56. The van der Waals surface area contributed by atoms with Crippen molar-refractivity contribution in [2.24, 2.45) is 0 Å². The first-order chi connectivity index (χ1) is 9.89. The summed E-state index contributed by atoms with van der Waals surface area (Å²) in [7, 11) is 0. The minimum atomic E-state index is 0. The van der Waals surface area contributed by atoms with Gasteiger partial charge < -0.3 is 4.90 Å². The van der Waals surface area contributed by atoms with E-state index in [0.717, 1.165) is 0 Å². The zero-order chi connectivity index (χ0) is 13.7. The predicted molar refractivity (Wildman–Crippen MR) is 93.4 cm³/mol. The third kappa shape index (κ3) is 4.23. The van der Waals surface area contributed by atoms with Crippen molar-refractivity contribution in [3.63, 3.8) is 0 Å². The molecule has 1 aliphatic heterocycles. The molecule has 1 aromatic carbocycles. The Morgan fingerprint density at radius 1 is 0.810 bits per heavy atom. The summed E-state index contributed by atoms with van der Waals surface area (Å²) < 4.78 is 0. The summed E-state index contributed by atoms with van der Waals surface area (Å²) >= 11 is 0. The molecule has 0 atom stereocenters. The number of nitrogens with zero attached hydrogens (tertiary/aromatic N) is 1. The van der Waals surface area contributed by atoms with Crippen molar-refractivity contribution in [2.45, 2.75) is 63.2 Å². The second-order valence-electron chi connectivity index (χ2n) is 6.86. The van der Waals surface area contributed by atoms with E-state index in [2.05, 4.69) is 35.2 Å². The van der Waals surface area contributed by atoms with Crippen molar-refractivity contribution in [3.8, 4) is 0 Å². The topological polar surface area (TPSA) is 3.24 Å². The Bertz CT molecular complexity index is 391. The fourth-order valence-electron chi connectivity index (χ4n) is 4.26. The molecule has 1 saturated carbocycles. The number of hydrogen-bond acceptors (Lipinski definition) is 1. The lowest BCUT2D eigenvalue weighted by atomic mass is 9.67. The van der Waals surface area contributed by atoms with Gasteiger partial charge in [0.15, 0.2) is 0 Å². The molecule has 0 unspecified atom stereocenters. The van der Waals surface area contributed by atoms with Gasteiger partial charge in [-0.2, -0.15) is 0 Å². The number of likely N-dealkylation sites (tertiary alicyclic amines) is 1. The fourth-order valence-corrected chi connectivity index (χ4v) is 4.26. The highest BCUT2D eigenvalue weighted by Gasteiger charge is 2.33. The number of halogens is 1. The number of hydrogen-bond donors (Lipinski definition) is 0. The second kappa shape index (κ2) is 8.19. The van der Waals surface area contributed by atoms with Crippen LogP contribution in [0.15, 0.2) is 30.3 Å². The first kappa shape index (κ1) is 16.8. The highest BCUT2D eigenvalue weighted by molar-refractivity contribution is 5.85. The molecule has 2 fully saturated rings. The zero-order valence-corrected chi connectivity index (χ0v) is 14.0. The molecule has 0 radical (unpaired) electrons. The molecule has 3 rings (SSSR count). The summed E-state index contributed by atoms with van der Waals surface area (Å²) in [4.78, 5) is 2.71. The van der Waals surface area contributed by atoms with Gasteiger partial charge in [0.2, 0.25) is 0 Å². The van der Waals surface area contributed by atoms with Crippen LogP contribution >= 0.6 is 12.4 Å². The van der Waals surface area contributed by atoms with Crippen molar-refractivity contribution in [3.05, 3.63) is 35.9 Å². The summed E-state index contributed by atoms with van der Waals surface area (Å²) in [6, 6.07) is 11.4. The Hall–Kier alpha value is -0.530. The van der Waals surface area contributed by atoms with E-state index < -0.39 is 0 Å². The largest absolute Gasteiger partial charge is 0.303 e. The molecule has 1 heterocycles. The summed E-state index contributed by atoms with van der Waals surface area (Å²) in [5.41, 5.74) is 2.09. The molecule has 0 bridgehead atoms. The van der Waals surface area contributed by atoms with Gasteiger partial charge in [0.1, 0.15) is 0 Å². The molecule has 2 heteroatoms. The Balaban J connectivity index is 0.00000161. The summed E-state index contributed by atoms with van der Waals surface area (Å²) in [6.45, 7) is 3.99. The van der Waals surface area contributed by atoms with Crippen molar-refractivity contribution in [1.82, 2.24) is 4.90 Å². The van der Waals surface area contributed by atoms with Crippen LogP contribution in [0, 0.1) is 0 Å². The van der Waals surface area contributed by atoms with E-state index in [0.29, 0.717) is 5.41 Å². The molecule has 1 saturated heterocycles. The Morgan fingerprint density at radius 2 is 1.43 bits per heavy atom. The van der Waals surface area contributed by atoms with E-state index in [-0.39, 0.29) is 12.4 Å². The van der Waals surface area contributed by atoms with Crippen molar-refractivity contribution >= 4 is 12.4 Å². The van der Waals surface area contributed by atoms with E-state index in [1.807, 2.05) is 0 Å². The predicted octanol–water partition coefficient (Wildman–Crippen LogP) is 5.19. The molecule has 0 spiro atoms. The number of benzene rings is 1. The van der Waals surface area contributed by atoms with E-state index >= 15 is 0 Å². The van der Waals surface area contributed by atoms with Crippen LogP contribution < -0.4 is 0 Å². The van der Waals surface area contributed by atoms with Gasteiger partial charge in [0.25, 0.3) is 0 Å². The van der Waals surface area contributed by atoms with Crippen LogP contribution in [-0.4, -0.2) is 24.5 Å². The van der Waals surface area contributed by atoms with Gasteiger partial charge in [-0.1, -0.05) is 56.0 Å². The maximum atomic E-state index is 2.71. The molecule has 118 valence electrons. The van der Waals surface area contributed by atoms with Gasteiger partial charge in [-0.25, -0.2) is 0 Å². The van der Waals surface area contributed by atoms with Gasteiger partial charge in [-0.3, -0.25) is 0 Å². The molecule has 1 aliphatic carbocycles.